The van der Waals surface area contributed by atoms with Crippen LogP contribution in [-0.2, 0) is 9.53 Å². The summed E-state index contributed by atoms with van der Waals surface area (Å²) >= 11 is 0. The van der Waals surface area contributed by atoms with Crippen LogP contribution in [0.25, 0.3) is 17.0 Å². The van der Waals surface area contributed by atoms with E-state index in [4.69, 9.17) is 13.9 Å². The molecule has 0 N–H and O–H groups in total. The fourth-order valence-corrected chi connectivity index (χ4v) is 2.50. The van der Waals surface area contributed by atoms with E-state index in [1.165, 1.54) is 18.2 Å². The summed E-state index contributed by atoms with van der Waals surface area (Å²) < 4.78 is 15.2. The van der Waals surface area contributed by atoms with Crippen molar-refractivity contribution in [3.8, 4) is 5.75 Å². The van der Waals surface area contributed by atoms with Gasteiger partial charge < -0.3 is 13.9 Å². The highest BCUT2D eigenvalue weighted by Gasteiger charge is 2.15. The van der Waals surface area contributed by atoms with Crippen molar-refractivity contribution in [1.82, 2.24) is 0 Å². The van der Waals surface area contributed by atoms with Crippen LogP contribution in [0, 0.1) is 6.92 Å². The Hall–Kier alpha value is -3.67. The van der Waals surface area contributed by atoms with Gasteiger partial charge in [0.1, 0.15) is 16.9 Å². The second kappa shape index (κ2) is 8.35. The minimum Gasteiger partial charge on any atom is -0.462 e. The van der Waals surface area contributed by atoms with Crippen LogP contribution in [0.4, 0.5) is 0 Å². The molecule has 6 nitrogen and oxygen atoms in total. The molecule has 142 valence electrons. The fraction of sp³-hybridized carbons (Fsp3) is 0.136. The molecule has 0 aliphatic rings. The summed E-state index contributed by atoms with van der Waals surface area (Å²) in [5.41, 5.74) is 1.21. The number of hydrogen-bond acceptors (Lipinski definition) is 6. The molecule has 3 rings (SSSR count). The Kier molecular flexibility index (Phi) is 5.69. The number of ether oxygens (including phenoxy) is 2. The number of benzene rings is 2. The lowest BCUT2D eigenvalue weighted by Crippen LogP contribution is -2.16. The summed E-state index contributed by atoms with van der Waals surface area (Å²) in [6.45, 7) is 3.78. The molecule has 0 aliphatic carbocycles. The van der Waals surface area contributed by atoms with Gasteiger partial charge in [-0.05, 0) is 43.7 Å². The third-order valence-electron chi connectivity index (χ3n) is 3.91. The van der Waals surface area contributed by atoms with Gasteiger partial charge in [0.15, 0.2) is 0 Å². The molecule has 0 bridgehead atoms. The van der Waals surface area contributed by atoms with Gasteiger partial charge in [-0.15, -0.1) is 0 Å². The molecule has 0 aliphatic heterocycles. The average Bonchev–Trinajstić information content (AvgIpc) is 2.67. The van der Waals surface area contributed by atoms with E-state index in [1.807, 2.05) is 31.2 Å². The molecule has 0 radical (unpaired) electrons. The van der Waals surface area contributed by atoms with Crippen LogP contribution >= 0.6 is 0 Å². The van der Waals surface area contributed by atoms with Gasteiger partial charge in [-0.3, -0.25) is 0 Å². The molecule has 0 spiro atoms. The van der Waals surface area contributed by atoms with E-state index in [-0.39, 0.29) is 23.5 Å². The largest absolute Gasteiger partial charge is 0.462 e. The molecule has 0 amide bonds. The normalized spacial score (nSPS) is 10.9. The van der Waals surface area contributed by atoms with Gasteiger partial charge >= 0.3 is 17.6 Å². The topological polar surface area (TPSA) is 82.8 Å². The van der Waals surface area contributed by atoms with Crippen molar-refractivity contribution >= 4 is 29.0 Å². The lowest BCUT2D eigenvalue weighted by atomic mass is 10.1. The molecule has 0 saturated carbocycles. The van der Waals surface area contributed by atoms with E-state index in [0.29, 0.717) is 5.39 Å². The van der Waals surface area contributed by atoms with Gasteiger partial charge in [-0.25, -0.2) is 14.4 Å². The van der Waals surface area contributed by atoms with Crippen molar-refractivity contribution in [2.45, 2.75) is 13.8 Å². The maximum absolute atomic E-state index is 12.0. The fourth-order valence-electron chi connectivity index (χ4n) is 2.50. The minimum absolute atomic E-state index is 0.154. The first kappa shape index (κ1) is 19.1. The SMILES string of the molecule is CCOC(=O)c1cc2ccc(OC(=O)/C=C/c3ccc(C)cc3)cc2oc1=O. The van der Waals surface area contributed by atoms with Gasteiger partial charge in [0.25, 0.3) is 0 Å². The van der Waals surface area contributed by atoms with Crippen LogP contribution in [-0.4, -0.2) is 18.5 Å². The zero-order valence-electron chi connectivity index (χ0n) is 15.4. The first-order chi connectivity index (χ1) is 13.5. The Morgan fingerprint density at radius 1 is 1.07 bits per heavy atom. The Morgan fingerprint density at radius 3 is 2.54 bits per heavy atom. The quantitative estimate of drug-likeness (QED) is 0.290. The Morgan fingerprint density at radius 2 is 1.82 bits per heavy atom. The zero-order valence-corrected chi connectivity index (χ0v) is 15.4. The van der Waals surface area contributed by atoms with E-state index in [1.54, 1.807) is 25.1 Å². The molecule has 0 saturated heterocycles. The van der Waals surface area contributed by atoms with Gasteiger partial charge in [-0.1, -0.05) is 29.8 Å². The van der Waals surface area contributed by atoms with Gasteiger partial charge in [0.05, 0.1) is 6.61 Å². The maximum atomic E-state index is 12.0. The second-order valence-electron chi connectivity index (χ2n) is 6.03. The number of carbonyl (C=O) groups is 2. The molecule has 1 aromatic heterocycles. The van der Waals surface area contributed by atoms with E-state index < -0.39 is 17.6 Å². The molecule has 0 atom stereocenters. The molecule has 0 unspecified atom stereocenters. The summed E-state index contributed by atoms with van der Waals surface area (Å²) in [7, 11) is 0. The van der Waals surface area contributed by atoms with Crippen molar-refractivity contribution in [1.29, 1.82) is 0 Å². The second-order valence-corrected chi connectivity index (χ2v) is 6.03. The van der Waals surface area contributed by atoms with E-state index >= 15 is 0 Å². The monoisotopic (exact) mass is 378 g/mol. The van der Waals surface area contributed by atoms with Gasteiger partial charge in [-0.2, -0.15) is 0 Å². The van der Waals surface area contributed by atoms with Crippen LogP contribution in [0.2, 0.25) is 0 Å². The number of rotatable bonds is 5. The molecule has 0 fully saturated rings. The van der Waals surface area contributed by atoms with Crippen molar-refractivity contribution in [3.05, 3.63) is 81.7 Å². The smallest absolute Gasteiger partial charge is 0.351 e. The Balaban J connectivity index is 1.77. The van der Waals surface area contributed by atoms with Crippen LogP contribution < -0.4 is 10.4 Å². The number of hydrogen-bond donors (Lipinski definition) is 0. The molecule has 28 heavy (non-hydrogen) atoms. The van der Waals surface area contributed by atoms with Gasteiger partial charge in [0.2, 0.25) is 0 Å². The highest BCUT2D eigenvalue weighted by molar-refractivity contribution is 5.93. The molecule has 2 aromatic carbocycles. The number of esters is 2. The first-order valence-corrected chi connectivity index (χ1v) is 8.68. The number of carbonyl (C=O) groups excluding carboxylic acids is 2. The molecular formula is C22H18O6. The third kappa shape index (κ3) is 4.54. The summed E-state index contributed by atoms with van der Waals surface area (Å²) in [6, 6.07) is 13.6. The number of fused-ring (bicyclic) bond motifs is 1. The summed E-state index contributed by atoms with van der Waals surface area (Å²) in [6.07, 6.45) is 2.96. The zero-order chi connectivity index (χ0) is 20.1. The first-order valence-electron chi connectivity index (χ1n) is 8.68. The summed E-state index contributed by atoms with van der Waals surface area (Å²) in [5, 5.41) is 0.512. The maximum Gasteiger partial charge on any atom is 0.351 e. The Bertz CT molecular complexity index is 1110. The van der Waals surface area contributed by atoms with Crippen molar-refractivity contribution in [3.63, 3.8) is 0 Å². The predicted octanol–water partition coefficient (Wildman–Crippen LogP) is 3.90. The van der Waals surface area contributed by atoms with E-state index in [0.717, 1.165) is 11.1 Å². The standard InChI is InChI=1S/C22H18O6/c1-3-26-21(24)18-12-16-9-10-17(13-19(16)28-22(18)25)27-20(23)11-8-15-6-4-14(2)5-7-15/h4-13H,3H2,1-2H3/b11-8+. The number of aryl methyl sites for hydroxylation is 1. The molecular weight excluding hydrogens is 360 g/mol. The van der Waals surface area contributed by atoms with Crippen molar-refractivity contribution < 1.29 is 23.5 Å². The van der Waals surface area contributed by atoms with Crippen LogP contribution in [0.3, 0.4) is 0 Å². The lowest BCUT2D eigenvalue weighted by molar-refractivity contribution is -0.128. The highest BCUT2D eigenvalue weighted by atomic mass is 16.5. The molecule has 6 heteroatoms. The highest BCUT2D eigenvalue weighted by Crippen LogP contribution is 2.21. The van der Waals surface area contributed by atoms with Crippen molar-refractivity contribution in [2.75, 3.05) is 6.61 Å². The summed E-state index contributed by atoms with van der Waals surface area (Å²) in [5.74, 6) is -1.08. The molecule has 1 heterocycles. The molecule has 3 aromatic rings. The van der Waals surface area contributed by atoms with E-state index in [2.05, 4.69) is 0 Å². The average molecular weight is 378 g/mol. The van der Waals surface area contributed by atoms with Crippen molar-refractivity contribution in [2.24, 2.45) is 0 Å². The third-order valence-corrected chi connectivity index (χ3v) is 3.91. The summed E-state index contributed by atoms with van der Waals surface area (Å²) in [4.78, 5) is 35.8. The van der Waals surface area contributed by atoms with Crippen LogP contribution in [0.1, 0.15) is 28.4 Å². The Labute approximate surface area is 161 Å². The van der Waals surface area contributed by atoms with Crippen LogP contribution in [0.15, 0.2) is 63.8 Å². The van der Waals surface area contributed by atoms with Gasteiger partial charge in [0, 0.05) is 17.5 Å². The lowest BCUT2D eigenvalue weighted by Gasteiger charge is -2.05. The van der Waals surface area contributed by atoms with Crippen LogP contribution in [0.5, 0.6) is 5.75 Å². The minimum atomic E-state index is -0.811. The van der Waals surface area contributed by atoms with E-state index in [9.17, 15) is 14.4 Å². The predicted molar refractivity (Wildman–Crippen MR) is 104 cm³/mol.